The van der Waals surface area contributed by atoms with Gasteiger partial charge in [-0.2, -0.15) is 0 Å². The van der Waals surface area contributed by atoms with Crippen molar-refractivity contribution in [1.82, 2.24) is 14.7 Å². The predicted octanol–water partition coefficient (Wildman–Crippen LogP) is 2.82. The van der Waals surface area contributed by atoms with Crippen molar-refractivity contribution in [2.24, 2.45) is 5.92 Å². The van der Waals surface area contributed by atoms with Crippen molar-refractivity contribution in [3.8, 4) is 5.75 Å². The van der Waals surface area contributed by atoms with Crippen LogP contribution in [0, 0.1) is 17.6 Å². The van der Waals surface area contributed by atoms with Gasteiger partial charge in [0, 0.05) is 38.8 Å². The molecule has 3 rings (SSSR count). The molecule has 1 aromatic carbocycles. The first-order valence-electron chi connectivity index (χ1n) is 9.64. The number of hydrogen-bond donors (Lipinski definition) is 0. The van der Waals surface area contributed by atoms with Crippen LogP contribution in [0.15, 0.2) is 12.1 Å². The first kappa shape index (κ1) is 19.5. The maximum absolute atomic E-state index is 13.9. The molecule has 0 amide bonds. The summed E-state index contributed by atoms with van der Waals surface area (Å²) in [6.07, 6.45) is 2.29. The van der Waals surface area contributed by atoms with Gasteiger partial charge in [-0.15, -0.1) is 0 Å². The Morgan fingerprint density at radius 2 is 1.62 bits per heavy atom. The third-order valence-corrected chi connectivity index (χ3v) is 6.10. The Balaban J connectivity index is 1.51. The number of piperidine rings is 1. The second-order valence-corrected chi connectivity index (χ2v) is 7.79. The van der Waals surface area contributed by atoms with Gasteiger partial charge in [-0.25, -0.2) is 8.78 Å². The van der Waals surface area contributed by atoms with Crippen molar-refractivity contribution in [3.05, 3.63) is 29.3 Å². The Bertz CT molecular complexity index is 574. The number of methoxy groups -OCH3 is 1. The highest BCUT2D eigenvalue weighted by atomic mass is 19.1. The molecule has 4 nitrogen and oxygen atoms in total. The maximum atomic E-state index is 13.9. The Kier molecular flexibility index (Phi) is 6.48. The zero-order chi connectivity index (χ0) is 18.7. The summed E-state index contributed by atoms with van der Waals surface area (Å²) < 4.78 is 32.5. The van der Waals surface area contributed by atoms with E-state index >= 15 is 0 Å². The fourth-order valence-corrected chi connectivity index (χ4v) is 4.28. The standard InChI is InChI=1S/C20H31F2N3O/c1-15(25-10-8-23(2)9-11-25)17-4-6-24(7-5-17)14-16-12-18(21)20(26-3)19(22)13-16/h12-13,15,17H,4-11,14H2,1-3H3. The van der Waals surface area contributed by atoms with Crippen molar-refractivity contribution in [2.75, 3.05) is 53.4 Å². The van der Waals surface area contributed by atoms with Crippen LogP contribution in [0.3, 0.4) is 0 Å². The van der Waals surface area contributed by atoms with E-state index in [0.29, 0.717) is 24.1 Å². The summed E-state index contributed by atoms with van der Waals surface area (Å²) in [5.74, 6) is -0.838. The molecule has 1 atom stereocenters. The van der Waals surface area contributed by atoms with Crippen LogP contribution < -0.4 is 4.74 Å². The minimum absolute atomic E-state index is 0.298. The molecule has 0 bridgehead atoms. The fourth-order valence-electron chi connectivity index (χ4n) is 4.28. The van der Waals surface area contributed by atoms with Gasteiger partial charge in [0.1, 0.15) is 0 Å². The molecule has 0 radical (unpaired) electrons. The largest absolute Gasteiger partial charge is 0.491 e. The molecule has 0 spiro atoms. The second kappa shape index (κ2) is 8.63. The van der Waals surface area contributed by atoms with Crippen LogP contribution >= 0.6 is 0 Å². The van der Waals surface area contributed by atoms with Crippen molar-refractivity contribution in [1.29, 1.82) is 0 Å². The zero-order valence-corrected chi connectivity index (χ0v) is 16.2. The van der Waals surface area contributed by atoms with Gasteiger partial charge in [0.05, 0.1) is 7.11 Å². The van der Waals surface area contributed by atoms with Crippen molar-refractivity contribution in [3.63, 3.8) is 0 Å². The predicted molar refractivity (Wildman–Crippen MR) is 99.4 cm³/mol. The number of nitrogens with zero attached hydrogens (tertiary/aromatic N) is 3. The Labute approximate surface area is 155 Å². The normalized spacial score (nSPS) is 22.5. The van der Waals surface area contributed by atoms with E-state index in [-0.39, 0.29) is 5.75 Å². The van der Waals surface area contributed by atoms with Crippen molar-refractivity contribution < 1.29 is 13.5 Å². The molecule has 1 unspecified atom stereocenters. The lowest BCUT2D eigenvalue weighted by Gasteiger charge is -2.42. The number of likely N-dealkylation sites (tertiary alicyclic amines) is 1. The molecule has 2 aliphatic rings. The SMILES string of the molecule is COc1c(F)cc(CN2CCC(C(C)N3CCN(C)CC3)CC2)cc1F. The summed E-state index contributed by atoms with van der Waals surface area (Å²) in [4.78, 5) is 7.31. The Morgan fingerprint density at radius 1 is 1.04 bits per heavy atom. The van der Waals surface area contributed by atoms with Crippen LogP contribution in [-0.4, -0.2) is 74.2 Å². The van der Waals surface area contributed by atoms with Crippen LogP contribution in [0.4, 0.5) is 8.78 Å². The van der Waals surface area contributed by atoms with Gasteiger partial charge in [0.25, 0.3) is 0 Å². The average molecular weight is 367 g/mol. The van der Waals surface area contributed by atoms with E-state index in [2.05, 4.69) is 28.7 Å². The number of halogens is 2. The fraction of sp³-hybridized carbons (Fsp3) is 0.700. The van der Waals surface area contributed by atoms with E-state index in [1.807, 2.05) is 0 Å². The van der Waals surface area contributed by atoms with Gasteiger partial charge >= 0.3 is 0 Å². The molecular weight excluding hydrogens is 336 g/mol. The van der Waals surface area contributed by atoms with E-state index in [9.17, 15) is 8.78 Å². The van der Waals surface area contributed by atoms with Gasteiger partial charge < -0.3 is 9.64 Å². The highest BCUT2D eigenvalue weighted by Crippen LogP contribution is 2.27. The number of rotatable bonds is 5. The van der Waals surface area contributed by atoms with Gasteiger partial charge in [-0.05, 0) is 63.5 Å². The minimum atomic E-state index is -0.624. The molecule has 6 heteroatoms. The summed E-state index contributed by atoms with van der Waals surface area (Å²) in [5.41, 5.74) is 0.673. The van der Waals surface area contributed by atoms with E-state index < -0.39 is 11.6 Å². The van der Waals surface area contributed by atoms with E-state index in [0.717, 1.165) is 52.1 Å². The minimum Gasteiger partial charge on any atom is -0.491 e. The molecule has 0 N–H and O–H groups in total. The van der Waals surface area contributed by atoms with Crippen LogP contribution in [-0.2, 0) is 6.54 Å². The smallest absolute Gasteiger partial charge is 0.190 e. The number of benzene rings is 1. The zero-order valence-electron chi connectivity index (χ0n) is 16.2. The maximum Gasteiger partial charge on any atom is 0.190 e. The third-order valence-electron chi connectivity index (χ3n) is 6.10. The quantitative estimate of drug-likeness (QED) is 0.797. The highest BCUT2D eigenvalue weighted by Gasteiger charge is 2.29. The monoisotopic (exact) mass is 367 g/mol. The van der Waals surface area contributed by atoms with Crippen LogP contribution in [0.1, 0.15) is 25.3 Å². The van der Waals surface area contributed by atoms with Gasteiger partial charge in [-0.3, -0.25) is 9.80 Å². The van der Waals surface area contributed by atoms with Crippen LogP contribution in [0.2, 0.25) is 0 Å². The Morgan fingerprint density at radius 3 is 2.15 bits per heavy atom. The highest BCUT2D eigenvalue weighted by molar-refractivity contribution is 5.31. The third kappa shape index (κ3) is 4.53. The Hall–Kier alpha value is -1.24. The number of piperazine rings is 1. The lowest BCUT2D eigenvalue weighted by Crippen LogP contribution is -2.51. The molecule has 0 saturated carbocycles. The van der Waals surface area contributed by atoms with Gasteiger partial charge in [0.2, 0.25) is 0 Å². The summed E-state index contributed by atoms with van der Waals surface area (Å²) in [7, 11) is 3.47. The van der Waals surface area contributed by atoms with E-state index in [4.69, 9.17) is 4.74 Å². The van der Waals surface area contributed by atoms with Crippen molar-refractivity contribution >= 4 is 0 Å². The van der Waals surface area contributed by atoms with Crippen molar-refractivity contribution in [2.45, 2.75) is 32.4 Å². The first-order chi connectivity index (χ1) is 12.5. The molecule has 26 heavy (non-hydrogen) atoms. The van der Waals surface area contributed by atoms with E-state index in [1.165, 1.54) is 19.2 Å². The molecule has 2 fully saturated rings. The topological polar surface area (TPSA) is 19.0 Å². The molecule has 2 heterocycles. The number of ether oxygens (including phenoxy) is 1. The summed E-state index contributed by atoms with van der Waals surface area (Å²) >= 11 is 0. The molecular formula is C20H31F2N3O. The molecule has 0 aliphatic carbocycles. The van der Waals surface area contributed by atoms with Gasteiger partial charge in [-0.1, -0.05) is 0 Å². The molecule has 2 aliphatic heterocycles. The van der Waals surface area contributed by atoms with Gasteiger partial charge in [0.15, 0.2) is 17.4 Å². The van der Waals surface area contributed by atoms with Crippen LogP contribution in [0.25, 0.3) is 0 Å². The summed E-state index contributed by atoms with van der Waals surface area (Å²) in [5, 5.41) is 0. The molecule has 1 aromatic rings. The first-order valence-corrected chi connectivity index (χ1v) is 9.64. The second-order valence-electron chi connectivity index (χ2n) is 7.79. The lowest BCUT2D eigenvalue weighted by molar-refractivity contribution is 0.0598. The van der Waals surface area contributed by atoms with E-state index in [1.54, 1.807) is 0 Å². The molecule has 2 saturated heterocycles. The lowest BCUT2D eigenvalue weighted by atomic mass is 9.89. The molecule has 146 valence electrons. The average Bonchev–Trinajstić information content (AvgIpc) is 2.62. The number of hydrogen-bond acceptors (Lipinski definition) is 4. The summed E-state index contributed by atoms with van der Waals surface area (Å²) in [6.45, 7) is 9.53. The summed E-state index contributed by atoms with van der Waals surface area (Å²) in [6, 6.07) is 3.39. The number of likely N-dealkylation sites (N-methyl/N-ethyl adjacent to an activating group) is 1. The van der Waals surface area contributed by atoms with Crippen LogP contribution in [0.5, 0.6) is 5.75 Å². The molecule has 0 aromatic heterocycles.